The van der Waals surface area contributed by atoms with Gasteiger partial charge in [-0.2, -0.15) is 0 Å². The molecule has 0 saturated heterocycles. The number of halogens is 1. The van der Waals surface area contributed by atoms with Crippen molar-refractivity contribution in [1.29, 1.82) is 0 Å². The quantitative estimate of drug-likeness (QED) is 0.892. The van der Waals surface area contributed by atoms with E-state index in [1.807, 2.05) is 0 Å². The number of nitrogen functional groups attached to an aromatic ring is 1. The number of aromatic nitrogens is 2. The normalized spacial score (nSPS) is 10.2. The van der Waals surface area contributed by atoms with Crippen molar-refractivity contribution in [3.63, 3.8) is 0 Å². The van der Waals surface area contributed by atoms with Gasteiger partial charge in [-0.15, -0.1) is 0 Å². The van der Waals surface area contributed by atoms with Crippen molar-refractivity contribution in [2.24, 2.45) is 0 Å². The molecule has 0 atom stereocenters. The smallest absolute Gasteiger partial charge is 0.354 e. The summed E-state index contributed by atoms with van der Waals surface area (Å²) in [5.41, 5.74) is 6.32. The summed E-state index contributed by atoms with van der Waals surface area (Å²) in [7, 11) is 1.51. The van der Waals surface area contributed by atoms with E-state index < -0.39 is 5.97 Å². The predicted octanol–water partition coefficient (Wildman–Crippen LogP) is 2.09. The zero-order valence-electron chi connectivity index (χ0n) is 9.92. The zero-order chi connectivity index (χ0) is 14.0. The van der Waals surface area contributed by atoms with Crippen LogP contribution in [-0.4, -0.2) is 28.2 Å². The van der Waals surface area contributed by atoms with Gasteiger partial charge in [0.25, 0.3) is 0 Å². The maximum Gasteiger partial charge on any atom is 0.354 e. The van der Waals surface area contributed by atoms with Crippen LogP contribution in [-0.2, 0) is 0 Å². The molecule has 6 nitrogen and oxygen atoms in total. The summed E-state index contributed by atoms with van der Waals surface area (Å²) < 4.78 is 5.04. The lowest BCUT2D eigenvalue weighted by molar-refractivity contribution is 0.0690. The van der Waals surface area contributed by atoms with Crippen LogP contribution in [0.1, 0.15) is 10.5 Å². The second-order valence-corrected chi connectivity index (χ2v) is 4.06. The predicted molar refractivity (Wildman–Crippen MR) is 70.4 cm³/mol. The molecule has 1 aromatic heterocycles. The van der Waals surface area contributed by atoms with Crippen molar-refractivity contribution in [3.05, 3.63) is 35.0 Å². The lowest BCUT2D eigenvalue weighted by atomic mass is 10.1. The number of aromatic carboxylic acids is 1. The highest BCUT2D eigenvalue weighted by Gasteiger charge is 2.11. The van der Waals surface area contributed by atoms with Gasteiger partial charge in [-0.3, -0.25) is 0 Å². The molecule has 3 N–H and O–H groups in total. The van der Waals surface area contributed by atoms with Crippen molar-refractivity contribution in [2.45, 2.75) is 0 Å². The van der Waals surface area contributed by atoms with Gasteiger partial charge < -0.3 is 15.6 Å². The highest BCUT2D eigenvalue weighted by molar-refractivity contribution is 6.32. The molecule has 19 heavy (non-hydrogen) atoms. The molecule has 0 bridgehead atoms. The lowest BCUT2D eigenvalue weighted by Crippen LogP contribution is -2.06. The van der Waals surface area contributed by atoms with Gasteiger partial charge in [-0.05, 0) is 24.3 Å². The Morgan fingerprint density at radius 3 is 2.68 bits per heavy atom. The van der Waals surface area contributed by atoms with E-state index in [0.29, 0.717) is 22.0 Å². The number of carboxylic acid groups (broad SMARTS) is 1. The van der Waals surface area contributed by atoms with E-state index in [1.54, 1.807) is 18.2 Å². The third kappa shape index (κ3) is 2.74. The SMILES string of the molecule is COc1ccc(-c2cc(C(=O)O)nc(N)n2)cc1Cl. The van der Waals surface area contributed by atoms with E-state index in [0.717, 1.165) is 0 Å². The molecule has 0 spiro atoms. The fraction of sp³-hybridized carbons (Fsp3) is 0.0833. The third-order valence-electron chi connectivity index (χ3n) is 2.41. The van der Waals surface area contributed by atoms with Crippen molar-refractivity contribution < 1.29 is 14.6 Å². The van der Waals surface area contributed by atoms with Gasteiger partial charge in [0.15, 0.2) is 5.69 Å². The molecule has 0 amide bonds. The molecule has 0 radical (unpaired) electrons. The number of benzene rings is 1. The topological polar surface area (TPSA) is 98.3 Å². The summed E-state index contributed by atoms with van der Waals surface area (Å²) >= 11 is 6.01. The molecule has 0 aliphatic heterocycles. The Morgan fingerprint density at radius 2 is 2.11 bits per heavy atom. The van der Waals surface area contributed by atoms with Gasteiger partial charge in [-0.25, -0.2) is 14.8 Å². The van der Waals surface area contributed by atoms with Crippen molar-refractivity contribution in [1.82, 2.24) is 9.97 Å². The van der Waals surface area contributed by atoms with E-state index in [9.17, 15) is 4.79 Å². The number of anilines is 1. The van der Waals surface area contributed by atoms with E-state index in [1.165, 1.54) is 13.2 Å². The molecule has 0 fully saturated rings. The fourth-order valence-corrected chi connectivity index (χ4v) is 1.81. The van der Waals surface area contributed by atoms with Crippen LogP contribution in [0, 0.1) is 0 Å². The van der Waals surface area contributed by atoms with Crippen LogP contribution in [0.3, 0.4) is 0 Å². The van der Waals surface area contributed by atoms with Crippen LogP contribution in [0.4, 0.5) is 5.95 Å². The van der Waals surface area contributed by atoms with Gasteiger partial charge in [0, 0.05) is 5.56 Å². The number of nitrogens with zero attached hydrogens (tertiary/aromatic N) is 2. The average molecular weight is 280 g/mol. The van der Waals surface area contributed by atoms with Crippen molar-refractivity contribution >= 4 is 23.5 Å². The molecule has 2 rings (SSSR count). The van der Waals surface area contributed by atoms with E-state index in [-0.39, 0.29) is 11.6 Å². The van der Waals surface area contributed by atoms with Crippen LogP contribution in [0.2, 0.25) is 5.02 Å². The van der Waals surface area contributed by atoms with Crippen LogP contribution in [0.25, 0.3) is 11.3 Å². The molecule has 1 heterocycles. The summed E-state index contributed by atoms with van der Waals surface area (Å²) in [6.07, 6.45) is 0. The van der Waals surface area contributed by atoms with Crippen LogP contribution in [0.15, 0.2) is 24.3 Å². The average Bonchev–Trinajstić information content (AvgIpc) is 2.37. The van der Waals surface area contributed by atoms with Crippen LogP contribution < -0.4 is 10.5 Å². The summed E-state index contributed by atoms with van der Waals surface area (Å²) in [6, 6.07) is 6.32. The number of carboxylic acids is 1. The molecule has 0 aliphatic rings. The molecular weight excluding hydrogens is 270 g/mol. The highest BCUT2D eigenvalue weighted by atomic mass is 35.5. The van der Waals surface area contributed by atoms with Gasteiger partial charge in [0.05, 0.1) is 17.8 Å². The first-order chi connectivity index (χ1) is 9.01. The number of rotatable bonds is 3. The Hall–Kier alpha value is -2.34. The Kier molecular flexibility index (Phi) is 3.52. The standard InChI is InChI=1S/C12H10ClN3O3/c1-19-10-3-2-6(4-7(10)13)8-5-9(11(17)18)16-12(14)15-8/h2-5H,1H3,(H,17,18)(H2,14,15,16). The van der Waals surface area contributed by atoms with E-state index in [4.69, 9.17) is 27.2 Å². The molecule has 0 unspecified atom stereocenters. The van der Waals surface area contributed by atoms with Crippen LogP contribution >= 0.6 is 11.6 Å². The van der Waals surface area contributed by atoms with Crippen molar-refractivity contribution in [3.8, 4) is 17.0 Å². The number of hydrogen-bond donors (Lipinski definition) is 2. The highest BCUT2D eigenvalue weighted by Crippen LogP contribution is 2.29. The van der Waals surface area contributed by atoms with Gasteiger partial charge in [0.1, 0.15) is 5.75 Å². The maximum absolute atomic E-state index is 10.9. The summed E-state index contributed by atoms with van der Waals surface area (Å²) in [5, 5.41) is 9.32. The zero-order valence-corrected chi connectivity index (χ0v) is 10.7. The largest absolute Gasteiger partial charge is 0.495 e. The first-order valence-electron chi connectivity index (χ1n) is 5.23. The molecule has 7 heteroatoms. The van der Waals surface area contributed by atoms with E-state index in [2.05, 4.69) is 9.97 Å². The number of methoxy groups -OCH3 is 1. The number of carbonyl (C=O) groups is 1. The first-order valence-corrected chi connectivity index (χ1v) is 5.61. The van der Waals surface area contributed by atoms with Gasteiger partial charge >= 0.3 is 5.97 Å². The number of hydrogen-bond acceptors (Lipinski definition) is 5. The molecule has 0 aliphatic carbocycles. The van der Waals surface area contributed by atoms with E-state index >= 15 is 0 Å². The Labute approximate surface area is 113 Å². The Morgan fingerprint density at radius 1 is 1.37 bits per heavy atom. The van der Waals surface area contributed by atoms with Crippen molar-refractivity contribution in [2.75, 3.05) is 12.8 Å². The summed E-state index contributed by atoms with van der Waals surface area (Å²) in [4.78, 5) is 18.5. The number of ether oxygens (including phenoxy) is 1. The summed E-state index contributed by atoms with van der Waals surface area (Å²) in [5.74, 6) is -0.761. The first kappa shape index (κ1) is 13.1. The molecule has 0 saturated carbocycles. The molecule has 98 valence electrons. The molecular formula is C12H10ClN3O3. The third-order valence-corrected chi connectivity index (χ3v) is 2.71. The van der Waals surface area contributed by atoms with Gasteiger partial charge in [0.2, 0.25) is 5.95 Å². The number of nitrogens with two attached hydrogens (primary N) is 1. The maximum atomic E-state index is 10.9. The van der Waals surface area contributed by atoms with Gasteiger partial charge in [-0.1, -0.05) is 11.6 Å². The monoisotopic (exact) mass is 279 g/mol. The Balaban J connectivity index is 2.52. The molecule has 1 aromatic carbocycles. The second kappa shape index (κ2) is 5.11. The minimum Gasteiger partial charge on any atom is -0.495 e. The summed E-state index contributed by atoms with van der Waals surface area (Å²) in [6.45, 7) is 0. The minimum atomic E-state index is -1.17. The second-order valence-electron chi connectivity index (χ2n) is 3.65. The lowest BCUT2D eigenvalue weighted by Gasteiger charge is -2.07. The molecule has 2 aromatic rings. The van der Waals surface area contributed by atoms with Crippen LogP contribution in [0.5, 0.6) is 5.75 Å². The fourth-order valence-electron chi connectivity index (χ4n) is 1.55. The Bertz CT molecular complexity index is 646. The minimum absolute atomic E-state index is 0.109.